The van der Waals surface area contributed by atoms with Crippen LogP contribution in [0.5, 0.6) is 0 Å². The third-order valence-electron chi connectivity index (χ3n) is 6.82. The SMILES string of the molecule is Cn1c(CN(C(=O)O)C(C)(C)C)nc2c(N3CCC(n4c(=O)[nH]c5ccccc54)CC3)ncnc21. The zero-order valence-corrected chi connectivity index (χ0v) is 20.4. The summed E-state index contributed by atoms with van der Waals surface area (Å²) in [5.74, 6) is 1.35. The summed E-state index contributed by atoms with van der Waals surface area (Å²) in [5.41, 5.74) is 2.46. The minimum absolute atomic E-state index is 0.0784. The van der Waals surface area contributed by atoms with Gasteiger partial charge in [-0.25, -0.2) is 24.5 Å². The fraction of sp³-hybridized carbons (Fsp3) is 0.458. The van der Waals surface area contributed by atoms with Crippen LogP contribution in [0.1, 0.15) is 45.5 Å². The van der Waals surface area contributed by atoms with Crippen molar-refractivity contribution in [3.05, 3.63) is 46.9 Å². The lowest BCUT2D eigenvalue weighted by molar-refractivity contribution is 0.0933. The van der Waals surface area contributed by atoms with Gasteiger partial charge in [-0.05, 0) is 45.7 Å². The van der Waals surface area contributed by atoms with E-state index in [1.807, 2.05) is 61.2 Å². The highest BCUT2D eigenvalue weighted by molar-refractivity contribution is 5.84. The molecule has 0 saturated carbocycles. The zero-order chi connectivity index (χ0) is 24.9. The second kappa shape index (κ2) is 8.40. The van der Waals surface area contributed by atoms with E-state index in [0.29, 0.717) is 17.0 Å². The fourth-order valence-electron chi connectivity index (χ4n) is 4.91. The molecule has 4 aromatic rings. The van der Waals surface area contributed by atoms with Crippen LogP contribution >= 0.6 is 0 Å². The first kappa shape index (κ1) is 22.9. The normalized spacial score (nSPS) is 15.3. The number of hydrogen-bond acceptors (Lipinski definition) is 6. The molecule has 1 aliphatic rings. The third kappa shape index (κ3) is 4.00. The number of rotatable bonds is 4. The maximum atomic E-state index is 12.6. The van der Waals surface area contributed by atoms with Crippen LogP contribution in [0, 0.1) is 0 Å². The Hall–Kier alpha value is -3.89. The molecule has 1 amide bonds. The maximum Gasteiger partial charge on any atom is 0.408 e. The van der Waals surface area contributed by atoms with Gasteiger partial charge in [-0.2, -0.15) is 0 Å². The molecule has 2 N–H and O–H groups in total. The minimum Gasteiger partial charge on any atom is -0.465 e. The number of aryl methyl sites for hydroxylation is 1. The standard InChI is InChI=1S/C24H30N8O3/c1-24(2,3)31(23(34)35)13-18-28-19-20(29(18)4)25-14-26-21(19)30-11-9-15(10-12-30)32-17-8-6-5-7-16(17)27-22(32)33/h5-8,14-15H,9-13H2,1-4H3,(H,27,33)(H,34,35). The van der Waals surface area contributed by atoms with Crippen LogP contribution in [0.2, 0.25) is 0 Å². The predicted molar refractivity (Wildman–Crippen MR) is 133 cm³/mol. The van der Waals surface area contributed by atoms with Crippen LogP contribution in [0.25, 0.3) is 22.2 Å². The maximum absolute atomic E-state index is 12.6. The Balaban J connectivity index is 1.41. The average Bonchev–Trinajstić information content (AvgIpc) is 3.32. The number of anilines is 1. The van der Waals surface area contributed by atoms with Crippen molar-refractivity contribution in [3.8, 4) is 0 Å². The topological polar surface area (TPSA) is 125 Å². The van der Waals surface area contributed by atoms with Crippen molar-refractivity contribution in [2.75, 3.05) is 18.0 Å². The lowest BCUT2D eigenvalue weighted by Gasteiger charge is -2.33. The number of piperidine rings is 1. The van der Waals surface area contributed by atoms with Crippen molar-refractivity contribution in [2.24, 2.45) is 7.05 Å². The summed E-state index contributed by atoms with van der Waals surface area (Å²) in [6, 6.07) is 7.86. The van der Waals surface area contributed by atoms with Crippen LogP contribution in [0.4, 0.5) is 10.6 Å². The van der Waals surface area contributed by atoms with Gasteiger partial charge in [0.15, 0.2) is 17.0 Å². The first-order valence-corrected chi connectivity index (χ1v) is 11.8. The number of nitrogens with zero attached hydrogens (tertiary/aromatic N) is 7. The molecule has 11 heteroatoms. The number of carboxylic acid groups (broad SMARTS) is 1. The fourth-order valence-corrected chi connectivity index (χ4v) is 4.91. The quantitative estimate of drug-likeness (QED) is 0.462. The molecule has 0 spiro atoms. The highest BCUT2D eigenvalue weighted by atomic mass is 16.4. The summed E-state index contributed by atoms with van der Waals surface area (Å²) >= 11 is 0. The van der Waals surface area contributed by atoms with E-state index in [1.54, 1.807) is 0 Å². The molecule has 0 radical (unpaired) electrons. The summed E-state index contributed by atoms with van der Waals surface area (Å²) in [6.07, 6.45) is 2.12. The molecule has 1 saturated heterocycles. The molecule has 35 heavy (non-hydrogen) atoms. The van der Waals surface area contributed by atoms with Crippen molar-refractivity contribution in [3.63, 3.8) is 0 Å². The molecule has 3 aromatic heterocycles. The van der Waals surface area contributed by atoms with Gasteiger partial charge in [0, 0.05) is 31.7 Å². The first-order valence-electron chi connectivity index (χ1n) is 11.8. The van der Waals surface area contributed by atoms with Gasteiger partial charge in [0.2, 0.25) is 0 Å². The van der Waals surface area contributed by atoms with E-state index in [2.05, 4.69) is 19.9 Å². The van der Waals surface area contributed by atoms with Gasteiger partial charge in [-0.3, -0.25) is 9.47 Å². The van der Waals surface area contributed by atoms with Crippen LogP contribution in [0.15, 0.2) is 35.4 Å². The number of aromatic amines is 1. The van der Waals surface area contributed by atoms with Crippen LogP contribution < -0.4 is 10.6 Å². The molecular formula is C24H30N8O3. The number of fused-ring (bicyclic) bond motifs is 2. The lowest BCUT2D eigenvalue weighted by Crippen LogP contribution is -2.44. The Morgan fingerprint density at radius 1 is 1.20 bits per heavy atom. The van der Waals surface area contributed by atoms with Crippen LogP contribution in [-0.4, -0.2) is 63.8 Å². The second-order valence-electron chi connectivity index (χ2n) is 10.0. The Labute approximate surface area is 202 Å². The summed E-state index contributed by atoms with van der Waals surface area (Å²) in [4.78, 5) is 44.7. The Kier molecular flexibility index (Phi) is 5.49. The van der Waals surface area contributed by atoms with Gasteiger partial charge in [-0.15, -0.1) is 0 Å². The zero-order valence-electron chi connectivity index (χ0n) is 20.4. The lowest BCUT2D eigenvalue weighted by atomic mass is 10.0. The Morgan fingerprint density at radius 2 is 1.91 bits per heavy atom. The molecule has 0 bridgehead atoms. The molecule has 1 aromatic carbocycles. The van der Waals surface area contributed by atoms with Gasteiger partial charge in [-0.1, -0.05) is 12.1 Å². The number of benzene rings is 1. The van der Waals surface area contributed by atoms with Gasteiger partial charge >= 0.3 is 11.8 Å². The molecule has 0 unspecified atom stereocenters. The number of amides is 1. The molecule has 5 rings (SSSR count). The minimum atomic E-state index is -0.995. The molecule has 4 heterocycles. The van der Waals surface area contributed by atoms with Gasteiger partial charge < -0.3 is 19.6 Å². The van der Waals surface area contributed by atoms with Gasteiger partial charge in [0.1, 0.15) is 12.2 Å². The number of H-pyrrole nitrogens is 1. The van der Waals surface area contributed by atoms with Crippen molar-refractivity contribution < 1.29 is 9.90 Å². The average molecular weight is 479 g/mol. The number of hydrogen-bond donors (Lipinski definition) is 2. The molecular weight excluding hydrogens is 448 g/mol. The summed E-state index contributed by atoms with van der Waals surface area (Å²) in [7, 11) is 1.85. The number of imidazole rings is 2. The Morgan fingerprint density at radius 3 is 2.60 bits per heavy atom. The van der Waals surface area contributed by atoms with E-state index in [-0.39, 0.29) is 18.3 Å². The van der Waals surface area contributed by atoms with E-state index in [9.17, 15) is 14.7 Å². The van der Waals surface area contributed by atoms with Crippen molar-refractivity contribution in [1.82, 2.24) is 34.0 Å². The van der Waals surface area contributed by atoms with E-state index in [4.69, 9.17) is 4.98 Å². The molecule has 184 valence electrons. The largest absolute Gasteiger partial charge is 0.465 e. The van der Waals surface area contributed by atoms with E-state index in [1.165, 1.54) is 11.2 Å². The second-order valence-corrected chi connectivity index (χ2v) is 10.0. The summed E-state index contributed by atoms with van der Waals surface area (Å²) < 4.78 is 3.70. The highest BCUT2D eigenvalue weighted by Crippen LogP contribution is 2.30. The molecule has 0 aliphatic carbocycles. The van der Waals surface area contributed by atoms with E-state index >= 15 is 0 Å². The van der Waals surface area contributed by atoms with E-state index in [0.717, 1.165) is 42.8 Å². The smallest absolute Gasteiger partial charge is 0.408 e. The first-order chi connectivity index (χ1) is 16.6. The predicted octanol–water partition coefficient (Wildman–Crippen LogP) is 3.13. The van der Waals surface area contributed by atoms with Gasteiger partial charge in [0.25, 0.3) is 0 Å². The third-order valence-corrected chi connectivity index (χ3v) is 6.82. The van der Waals surface area contributed by atoms with Crippen LogP contribution in [-0.2, 0) is 13.6 Å². The molecule has 0 atom stereocenters. The summed E-state index contributed by atoms with van der Waals surface area (Å²) in [5, 5.41) is 9.71. The number of carbonyl (C=O) groups is 1. The Bertz CT molecular complexity index is 1450. The highest BCUT2D eigenvalue weighted by Gasteiger charge is 2.30. The number of nitrogens with one attached hydrogen (secondary N) is 1. The summed E-state index contributed by atoms with van der Waals surface area (Å²) in [6.45, 7) is 7.17. The van der Waals surface area contributed by atoms with Crippen LogP contribution in [0.3, 0.4) is 0 Å². The van der Waals surface area contributed by atoms with Crippen molar-refractivity contribution in [2.45, 2.75) is 51.7 Å². The molecule has 11 nitrogen and oxygen atoms in total. The molecule has 1 fully saturated rings. The van der Waals surface area contributed by atoms with Gasteiger partial charge in [0.05, 0.1) is 17.6 Å². The van der Waals surface area contributed by atoms with Crippen molar-refractivity contribution >= 4 is 34.1 Å². The number of para-hydroxylation sites is 2. The van der Waals surface area contributed by atoms with E-state index < -0.39 is 11.6 Å². The molecule has 1 aliphatic heterocycles. The monoisotopic (exact) mass is 478 g/mol. The number of aromatic nitrogens is 6. The van der Waals surface area contributed by atoms with Crippen molar-refractivity contribution in [1.29, 1.82) is 0 Å².